The normalized spacial score (nSPS) is 12.9. The number of furan rings is 2. The van der Waals surface area contributed by atoms with Crippen LogP contribution in [-0.2, 0) is 6.42 Å². The number of hydrogen-bond donors (Lipinski definition) is 1. The Morgan fingerprint density at radius 2 is 2.27 bits per heavy atom. The highest BCUT2D eigenvalue weighted by molar-refractivity contribution is 5.18. The Hall–Kier alpha value is -1.48. The van der Waals surface area contributed by atoms with Crippen LogP contribution in [0.15, 0.2) is 39.6 Å². The highest BCUT2D eigenvalue weighted by atomic mass is 16.3. The van der Waals surface area contributed by atoms with Gasteiger partial charge < -0.3 is 14.2 Å². The van der Waals surface area contributed by atoms with Crippen LogP contribution >= 0.6 is 0 Å². The predicted molar refractivity (Wildman–Crippen MR) is 57.7 cm³/mol. The number of nitrogens with one attached hydrogen (secondary N) is 1. The summed E-state index contributed by atoms with van der Waals surface area (Å²) in [6.45, 7) is 1.95. The molecular formula is C12H15NO2. The predicted octanol–water partition coefficient (Wildman–Crippen LogP) is 2.68. The Morgan fingerprint density at radius 1 is 1.40 bits per heavy atom. The lowest BCUT2D eigenvalue weighted by molar-refractivity contribution is 0.462. The average Bonchev–Trinajstić information content (AvgIpc) is 2.85. The van der Waals surface area contributed by atoms with Crippen LogP contribution in [-0.4, -0.2) is 7.05 Å². The van der Waals surface area contributed by atoms with Crippen molar-refractivity contribution in [2.24, 2.45) is 0 Å². The molecule has 2 aromatic rings. The molecule has 0 saturated carbocycles. The monoisotopic (exact) mass is 205 g/mol. The van der Waals surface area contributed by atoms with E-state index in [9.17, 15) is 0 Å². The van der Waals surface area contributed by atoms with Crippen LogP contribution in [0.4, 0.5) is 0 Å². The maximum Gasteiger partial charge on any atom is 0.105 e. The molecule has 3 nitrogen and oxygen atoms in total. The van der Waals surface area contributed by atoms with Crippen molar-refractivity contribution in [3.8, 4) is 0 Å². The second-order valence-corrected chi connectivity index (χ2v) is 3.62. The van der Waals surface area contributed by atoms with E-state index in [0.29, 0.717) is 0 Å². The molecule has 0 radical (unpaired) electrons. The van der Waals surface area contributed by atoms with Crippen molar-refractivity contribution in [2.75, 3.05) is 7.05 Å². The molecule has 2 heterocycles. The Balaban J connectivity index is 2.11. The van der Waals surface area contributed by atoms with Gasteiger partial charge in [0.1, 0.15) is 11.5 Å². The number of rotatable bonds is 4. The summed E-state index contributed by atoms with van der Waals surface area (Å²) in [5.41, 5.74) is 1.16. The molecule has 15 heavy (non-hydrogen) atoms. The van der Waals surface area contributed by atoms with E-state index in [4.69, 9.17) is 8.83 Å². The van der Waals surface area contributed by atoms with E-state index < -0.39 is 0 Å². The minimum Gasteiger partial charge on any atom is -0.469 e. The molecule has 2 rings (SSSR count). The second-order valence-electron chi connectivity index (χ2n) is 3.62. The summed E-state index contributed by atoms with van der Waals surface area (Å²) < 4.78 is 10.6. The van der Waals surface area contributed by atoms with Crippen LogP contribution < -0.4 is 5.32 Å². The molecule has 0 fully saturated rings. The standard InChI is InChI=1S/C12H15NO2/c1-9-6-10(8-15-9)12(13-2)7-11-4-3-5-14-11/h3-6,8,12-13H,7H2,1-2H3. The number of likely N-dealkylation sites (N-methyl/N-ethyl adjacent to an activating group) is 1. The minimum absolute atomic E-state index is 0.244. The Morgan fingerprint density at radius 3 is 2.80 bits per heavy atom. The minimum atomic E-state index is 0.244. The number of hydrogen-bond acceptors (Lipinski definition) is 3. The Labute approximate surface area is 89.1 Å². The first kappa shape index (κ1) is 10.1. The molecule has 0 aliphatic carbocycles. The van der Waals surface area contributed by atoms with E-state index in [2.05, 4.69) is 5.32 Å². The molecule has 0 aliphatic rings. The topological polar surface area (TPSA) is 38.3 Å². The third-order valence-electron chi connectivity index (χ3n) is 2.49. The van der Waals surface area contributed by atoms with E-state index >= 15 is 0 Å². The molecule has 1 unspecified atom stereocenters. The first-order valence-corrected chi connectivity index (χ1v) is 5.04. The van der Waals surface area contributed by atoms with E-state index in [-0.39, 0.29) is 6.04 Å². The molecular weight excluding hydrogens is 190 g/mol. The summed E-state index contributed by atoms with van der Waals surface area (Å²) in [6, 6.07) is 6.18. The molecule has 1 atom stereocenters. The zero-order valence-corrected chi connectivity index (χ0v) is 8.99. The van der Waals surface area contributed by atoms with Crippen LogP contribution in [0.2, 0.25) is 0 Å². The average molecular weight is 205 g/mol. The summed E-state index contributed by atoms with van der Waals surface area (Å²) in [5.74, 6) is 1.91. The fraction of sp³-hybridized carbons (Fsp3) is 0.333. The summed E-state index contributed by atoms with van der Waals surface area (Å²) in [7, 11) is 1.94. The van der Waals surface area contributed by atoms with Crippen LogP contribution in [0.25, 0.3) is 0 Å². The second kappa shape index (κ2) is 4.36. The van der Waals surface area contributed by atoms with Gasteiger partial charge in [0.15, 0.2) is 0 Å². The zero-order valence-electron chi connectivity index (χ0n) is 8.99. The highest BCUT2D eigenvalue weighted by Gasteiger charge is 2.13. The summed E-state index contributed by atoms with van der Waals surface area (Å²) in [5, 5.41) is 3.25. The maximum atomic E-state index is 5.32. The van der Waals surface area contributed by atoms with Gasteiger partial charge in [0, 0.05) is 18.0 Å². The van der Waals surface area contributed by atoms with Gasteiger partial charge >= 0.3 is 0 Å². The lowest BCUT2D eigenvalue weighted by Gasteiger charge is -2.12. The fourth-order valence-corrected chi connectivity index (χ4v) is 1.66. The van der Waals surface area contributed by atoms with Crippen molar-refractivity contribution in [1.82, 2.24) is 5.32 Å². The molecule has 0 aliphatic heterocycles. The summed E-state index contributed by atoms with van der Waals surface area (Å²) in [4.78, 5) is 0. The number of aryl methyl sites for hydroxylation is 1. The lowest BCUT2D eigenvalue weighted by atomic mass is 10.1. The molecule has 0 aromatic carbocycles. The molecule has 1 N–H and O–H groups in total. The molecule has 0 amide bonds. The molecule has 2 aromatic heterocycles. The van der Waals surface area contributed by atoms with Gasteiger partial charge in [0.25, 0.3) is 0 Å². The van der Waals surface area contributed by atoms with Gasteiger partial charge in [-0.2, -0.15) is 0 Å². The third kappa shape index (κ3) is 2.30. The van der Waals surface area contributed by atoms with Gasteiger partial charge in [-0.15, -0.1) is 0 Å². The van der Waals surface area contributed by atoms with Gasteiger partial charge in [-0.1, -0.05) is 0 Å². The molecule has 0 saturated heterocycles. The van der Waals surface area contributed by atoms with E-state index in [1.54, 1.807) is 12.5 Å². The van der Waals surface area contributed by atoms with Gasteiger partial charge in [0.05, 0.1) is 12.5 Å². The molecule has 0 spiro atoms. The van der Waals surface area contributed by atoms with Gasteiger partial charge in [-0.05, 0) is 32.2 Å². The smallest absolute Gasteiger partial charge is 0.105 e. The summed E-state index contributed by atoms with van der Waals surface area (Å²) >= 11 is 0. The SMILES string of the molecule is CNC(Cc1ccco1)c1coc(C)c1. The summed E-state index contributed by atoms with van der Waals surface area (Å²) in [6.07, 6.45) is 4.32. The zero-order chi connectivity index (χ0) is 10.7. The maximum absolute atomic E-state index is 5.32. The van der Waals surface area contributed by atoms with Crippen molar-refractivity contribution >= 4 is 0 Å². The van der Waals surface area contributed by atoms with Gasteiger partial charge in [0.2, 0.25) is 0 Å². The molecule has 0 bridgehead atoms. The largest absolute Gasteiger partial charge is 0.469 e. The van der Waals surface area contributed by atoms with Gasteiger partial charge in [-0.25, -0.2) is 0 Å². The van der Waals surface area contributed by atoms with Crippen molar-refractivity contribution in [3.05, 3.63) is 47.8 Å². The molecule has 80 valence electrons. The quantitative estimate of drug-likeness (QED) is 0.834. The molecule has 3 heteroatoms. The van der Waals surface area contributed by atoms with E-state index in [1.807, 2.05) is 32.2 Å². The van der Waals surface area contributed by atoms with Crippen molar-refractivity contribution in [1.29, 1.82) is 0 Å². The van der Waals surface area contributed by atoms with Crippen molar-refractivity contribution in [3.63, 3.8) is 0 Å². The third-order valence-corrected chi connectivity index (χ3v) is 2.49. The van der Waals surface area contributed by atoms with E-state index in [0.717, 1.165) is 23.5 Å². The first-order chi connectivity index (χ1) is 7.29. The first-order valence-electron chi connectivity index (χ1n) is 5.04. The highest BCUT2D eigenvalue weighted by Crippen LogP contribution is 2.20. The van der Waals surface area contributed by atoms with Crippen LogP contribution in [0, 0.1) is 6.92 Å². The van der Waals surface area contributed by atoms with Crippen molar-refractivity contribution < 1.29 is 8.83 Å². The lowest BCUT2D eigenvalue weighted by Crippen LogP contribution is -2.17. The van der Waals surface area contributed by atoms with Crippen LogP contribution in [0.5, 0.6) is 0 Å². The fourth-order valence-electron chi connectivity index (χ4n) is 1.66. The van der Waals surface area contributed by atoms with Gasteiger partial charge in [-0.3, -0.25) is 0 Å². The Bertz CT molecular complexity index is 403. The van der Waals surface area contributed by atoms with E-state index in [1.165, 1.54) is 0 Å². The van der Waals surface area contributed by atoms with Crippen molar-refractivity contribution in [2.45, 2.75) is 19.4 Å². The van der Waals surface area contributed by atoms with Crippen LogP contribution in [0.1, 0.15) is 23.1 Å². The van der Waals surface area contributed by atoms with Crippen LogP contribution in [0.3, 0.4) is 0 Å². The Kier molecular flexibility index (Phi) is 2.92.